The molecule has 0 radical (unpaired) electrons. The number of alkyl carbamates (subject to hydrolysis) is 1. The summed E-state index contributed by atoms with van der Waals surface area (Å²) in [6.45, 7) is -4.64. The number of hydrogen-bond acceptors (Lipinski definition) is 3. The van der Waals surface area contributed by atoms with Crippen molar-refractivity contribution in [2.45, 2.75) is 18.9 Å². The summed E-state index contributed by atoms with van der Waals surface area (Å²) in [6.07, 6.45) is 0.441. The highest BCUT2D eigenvalue weighted by molar-refractivity contribution is 5.84. The minimum absolute atomic E-state index is 0.194. The van der Waals surface area contributed by atoms with Crippen LogP contribution in [0, 0.1) is 0 Å². The number of fused-ring (bicyclic) bond motifs is 1. The van der Waals surface area contributed by atoms with Crippen LogP contribution in [0.25, 0.3) is 10.9 Å². The Balaban J connectivity index is 1.91. The van der Waals surface area contributed by atoms with Gasteiger partial charge < -0.3 is 19.9 Å². The summed E-state index contributed by atoms with van der Waals surface area (Å²) in [5, 5.41) is 0.862. The number of H-pyrrole nitrogens is 1. The van der Waals surface area contributed by atoms with Crippen molar-refractivity contribution in [1.82, 2.24) is 15.2 Å². The Hall–Kier alpha value is -2.01. The van der Waals surface area contributed by atoms with Gasteiger partial charge in [0.2, 0.25) is 0 Å². The number of hydrogen-bond donors (Lipinski definition) is 2. The lowest BCUT2D eigenvalue weighted by Gasteiger charge is -2.09. The number of carbonyl (C=O) groups excluding carboxylic acids is 1. The van der Waals surface area contributed by atoms with Gasteiger partial charge in [0.25, 0.3) is 0 Å². The van der Waals surface area contributed by atoms with Gasteiger partial charge >= 0.3 is 6.09 Å². The molecule has 1 aliphatic heterocycles. The smallest absolute Gasteiger partial charge is 0.407 e. The summed E-state index contributed by atoms with van der Waals surface area (Å²) in [5.41, 5.74) is 1.80. The molecule has 21 heavy (non-hydrogen) atoms. The molecular weight excluding hydrogens is 266 g/mol. The van der Waals surface area contributed by atoms with Gasteiger partial charge in [0.15, 0.2) is 2.82 Å². The Labute approximate surface area is 135 Å². The highest BCUT2D eigenvalue weighted by Crippen LogP contribution is 2.21. The zero-order chi connectivity index (χ0) is 21.8. The molecule has 2 heterocycles. The summed E-state index contributed by atoms with van der Waals surface area (Å²) in [6, 6.07) is 2.66. The standard InChI is InChI=1S/C16H21N3O2/c1-19(2)6-5-12-9-17-15-4-3-11(8-14(12)15)7-13-10-21-16(20)18-13/h3-4,8-9,13,17H,5-7,10H2,1-2H3,(H,18,20)/t13-/m0/s1/i1D3,10D2,13D/hD2. The van der Waals surface area contributed by atoms with Crippen LogP contribution in [0.4, 0.5) is 4.79 Å². The summed E-state index contributed by atoms with van der Waals surface area (Å²) in [7, 11) is 1.49. The maximum Gasteiger partial charge on any atom is 0.407 e. The van der Waals surface area contributed by atoms with Crippen molar-refractivity contribution in [3.8, 4) is 0 Å². The lowest BCUT2D eigenvalue weighted by atomic mass is 10.0. The SMILES string of the molecule is [2H]N1C(=O)OC([2H])([2H])[C@]1([2H])Cc1ccc2c(c1)c(CCN(C)C([2H])([2H])[2H])cn2[2H]. The first-order valence-electron chi connectivity index (χ1n) is 10.5. The third kappa shape index (κ3) is 3.19. The number of cyclic esters (lactones) is 1. The van der Waals surface area contributed by atoms with E-state index in [9.17, 15) is 4.79 Å². The van der Waals surface area contributed by atoms with Crippen LogP contribution in [0.15, 0.2) is 24.4 Å². The second-order valence-electron chi connectivity index (χ2n) is 5.01. The number of nitrogens with one attached hydrogen (secondary N) is 2. The van der Waals surface area contributed by atoms with Crippen molar-refractivity contribution in [3.63, 3.8) is 0 Å². The Bertz CT molecular complexity index is 944. The van der Waals surface area contributed by atoms with E-state index in [1.165, 1.54) is 16.9 Å². The van der Waals surface area contributed by atoms with E-state index >= 15 is 0 Å². The Morgan fingerprint density at radius 3 is 3.33 bits per heavy atom. The second-order valence-corrected chi connectivity index (χ2v) is 5.01. The average molecular weight is 295 g/mol. The fourth-order valence-corrected chi connectivity index (χ4v) is 2.29. The van der Waals surface area contributed by atoms with Crippen molar-refractivity contribution < 1.29 is 20.6 Å². The van der Waals surface area contributed by atoms with E-state index in [1.807, 2.05) is 0 Å². The van der Waals surface area contributed by atoms with Gasteiger partial charge in [-0.3, -0.25) is 0 Å². The van der Waals surface area contributed by atoms with E-state index < -0.39 is 25.6 Å². The Morgan fingerprint density at radius 2 is 2.57 bits per heavy atom. The molecule has 2 N–H and O–H groups in total. The molecule has 112 valence electrons. The van der Waals surface area contributed by atoms with Gasteiger partial charge in [-0.25, -0.2) is 4.79 Å². The van der Waals surface area contributed by atoms with Crippen LogP contribution < -0.4 is 5.31 Å². The molecule has 1 aromatic carbocycles. The highest BCUT2D eigenvalue weighted by Gasteiger charge is 2.22. The summed E-state index contributed by atoms with van der Waals surface area (Å²) in [5.74, 6) is 0. The first-order chi connectivity index (χ1) is 13.3. The molecule has 1 aromatic heterocycles. The number of carbonyl (C=O) groups is 1. The van der Waals surface area contributed by atoms with Crippen LogP contribution in [0.2, 0.25) is 2.82 Å². The van der Waals surface area contributed by atoms with Gasteiger partial charge in [-0.15, -0.1) is 0 Å². The molecule has 2 aromatic rings. The zero-order valence-electron chi connectivity index (χ0n) is 19.6. The van der Waals surface area contributed by atoms with Crippen LogP contribution in [0.5, 0.6) is 0 Å². The molecule has 0 bridgehead atoms. The molecule has 1 saturated heterocycles. The molecule has 0 spiro atoms. The van der Waals surface area contributed by atoms with Crippen molar-refractivity contribution in [1.29, 1.82) is 0 Å². The third-order valence-electron chi connectivity index (χ3n) is 3.34. The van der Waals surface area contributed by atoms with Gasteiger partial charge in [0.05, 0.1) is 10.1 Å². The molecule has 5 heteroatoms. The molecule has 1 atom stereocenters. The molecule has 1 amide bonds. The van der Waals surface area contributed by atoms with Gasteiger partial charge in [-0.05, 0) is 50.1 Å². The maximum atomic E-state index is 11.6. The predicted octanol–water partition coefficient (Wildman–Crippen LogP) is 1.92. The molecule has 0 unspecified atom stereocenters. The first kappa shape index (κ1) is 7.31. The number of aromatic amines is 1. The molecule has 3 rings (SSSR count). The van der Waals surface area contributed by atoms with Crippen LogP contribution in [0.3, 0.4) is 0 Å². The van der Waals surface area contributed by atoms with Crippen molar-refractivity contribution in [2.24, 2.45) is 0 Å². The molecule has 1 fully saturated rings. The van der Waals surface area contributed by atoms with E-state index in [0.29, 0.717) is 22.9 Å². The lowest BCUT2D eigenvalue weighted by molar-refractivity contribution is 0.177. The van der Waals surface area contributed by atoms with E-state index in [2.05, 4.69) is 4.74 Å². The topological polar surface area (TPSA) is 57.4 Å². The Morgan fingerprint density at radius 1 is 1.67 bits per heavy atom. The largest absolute Gasteiger partial charge is 0.447 e. The first-order valence-corrected chi connectivity index (χ1v) is 6.62. The molecule has 1 aliphatic rings. The quantitative estimate of drug-likeness (QED) is 0.886. The molecule has 5 nitrogen and oxygen atoms in total. The van der Waals surface area contributed by atoms with Gasteiger partial charge in [0, 0.05) is 27.8 Å². The van der Waals surface area contributed by atoms with Crippen molar-refractivity contribution >= 4 is 17.0 Å². The second kappa shape index (κ2) is 5.77. The number of ether oxygens (including phenoxy) is 1. The molecule has 0 aliphatic carbocycles. The van der Waals surface area contributed by atoms with E-state index in [4.69, 9.17) is 11.0 Å². The number of benzene rings is 1. The minimum atomic E-state index is -2.66. The van der Waals surface area contributed by atoms with Crippen LogP contribution in [0.1, 0.15) is 19.4 Å². The highest BCUT2D eigenvalue weighted by atomic mass is 16.6. The number of nitrogens with zero attached hydrogens (tertiary/aromatic N) is 1. The van der Waals surface area contributed by atoms with Gasteiger partial charge in [-0.2, -0.15) is 0 Å². The maximum absolute atomic E-state index is 11.6. The van der Waals surface area contributed by atoms with Crippen molar-refractivity contribution in [3.05, 3.63) is 35.5 Å². The minimum Gasteiger partial charge on any atom is -0.447 e. The number of likely N-dealkylation sites (N-methyl/N-ethyl adjacent to an activating group) is 1. The summed E-state index contributed by atoms with van der Waals surface area (Å²) >= 11 is 0. The number of amides is 1. The average Bonchev–Trinajstić information content (AvgIpc) is 2.99. The van der Waals surface area contributed by atoms with Crippen LogP contribution in [-0.2, 0) is 17.6 Å². The lowest BCUT2D eigenvalue weighted by Crippen LogP contribution is -2.28. The number of aromatic nitrogens is 1. The third-order valence-corrected chi connectivity index (χ3v) is 3.34. The summed E-state index contributed by atoms with van der Waals surface area (Å²) < 4.78 is 66.5. The fraction of sp³-hybridized carbons (Fsp3) is 0.438. The van der Waals surface area contributed by atoms with E-state index in [0.717, 1.165) is 5.56 Å². The fourth-order valence-electron chi connectivity index (χ4n) is 2.29. The van der Waals surface area contributed by atoms with Crippen LogP contribution in [-0.4, -0.2) is 49.1 Å². The molecular formula is C16H21N3O2. The van der Waals surface area contributed by atoms with E-state index in [-0.39, 0.29) is 18.3 Å². The number of rotatable bonds is 5. The summed E-state index contributed by atoms with van der Waals surface area (Å²) in [4.78, 5) is 14.0. The normalized spacial score (nSPS) is 30.8. The molecule has 0 saturated carbocycles. The van der Waals surface area contributed by atoms with Crippen LogP contribution >= 0.6 is 0 Å². The Kier molecular flexibility index (Phi) is 2.01. The predicted molar refractivity (Wildman–Crippen MR) is 82.5 cm³/mol. The monoisotopic (exact) mass is 295 g/mol. The van der Waals surface area contributed by atoms with Gasteiger partial charge in [-0.1, -0.05) is 6.07 Å². The van der Waals surface area contributed by atoms with Crippen molar-refractivity contribution in [2.75, 3.05) is 27.1 Å². The van der Waals surface area contributed by atoms with E-state index in [1.54, 1.807) is 24.4 Å². The van der Waals surface area contributed by atoms with Gasteiger partial charge in [0.1, 0.15) is 6.56 Å². The zero-order valence-corrected chi connectivity index (χ0v) is 11.6.